The number of rotatable bonds is 11. The number of carbonyl (C=O) groups excluding carboxylic acids is 1. The number of hydrogen-bond donors (Lipinski definition) is 2. The summed E-state index contributed by atoms with van der Waals surface area (Å²) in [6, 6.07) is 5.11. The van der Waals surface area contributed by atoms with Crippen LogP contribution >= 0.6 is 0 Å². The zero-order valence-electron chi connectivity index (χ0n) is 14.0. The summed E-state index contributed by atoms with van der Waals surface area (Å²) in [5, 5.41) is 2.77. The molecule has 0 atom stereocenters. The van der Waals surface area contributed by atoms with Gasteiger partial charge < -0.3 is 23.6 Å². The highest BCUT2D eigenvalue weighted by Crippen LogP contribution is 2.17. The fraction of sp³-hybridized carbons (Fsp3) is 0.600. The largest absolute Gasteiger partial charge is 0.500 e. The zero-order valence-corrected chi connectivity index (χ0v) is 15.0. The van der Waals surface area contributed by atoms with E-state index < -0.39 is 8.80 Å². The van der Waals surface area contributed by atoms with Gasteiger partial charge in [0.05, 0.1) is 0 Å². The van der Waals surface area contributed by atoms with Crippen molar-refractivity contribution in [1.82, 2.24) is 10.3 Å². The van der Waals surface area contributed by atoms with Crippen LogP contribution in [0.3, 0.4) is 0 Å². The van der Waals surface area contributed by atoms with Crippen molar-refractivity contribution in [3.05, 3.63) is 34.2 Å². The number of amides is 1. The lowest BCUT2D eigenvalue weighted by molar-refractivity contribution is 0.0704. The Morgan fingerprint density at radius 2 is 1.74 bits per heavy atom. The monoisotopic (exact) mass is 342 g/mol. The van der Waals surface area contributed by atoms with E-state index in [1.54, 1.807) is 12.1 Å². The summed E-state index contributed by atoms with van der Waals surface area (Å²) >= 11 is 0. The molecule has 0 spiro atoms. The molecule has 1 aromatic heterocycles. The Balaban J connectivity index is 2.49. The molecule has 0 aliphatic rings. The van der Waals surface area contributed by atoms with Crippen molar-refractivity contribution in [2.24, 2.45) is 0 Å². The van der Waals surface area contributed by atoms with Gasteiger partial charge in [0.25, 0.3) is 5.91 Å². The van der Waals surface area contributed by atoms with Gasteiger partial charge in [-0.3, -0.25) is 9.59 Å². The minimum atomic E-state index is -2.66. The molecule has 130 valence electrons. The standard InChI is InChI=1S/C15H26N2O5Si/c1-4-20-23(21-5-2,22-6-3)12-8-11-16-15(19)13-9-7-10-14(18)17-13/h7,9-10H,4-6,8,11-12H2,1-3H3,(H,16,19)(H,17,18). The first kappa shape index (κ1) is 19.6. The average Bonchev–Trinajstić information content (AvgIpc) is 2.52. The van der Waals surface area contributed by atoms with Gasteiger partial charge in [-0.1, -0.05) is 6.07 Å². The first-order valence-electron chi connectivity index (χ1n) is 7.96. The van der Waals surface area contributed by atoms with E-state index in [0.29, 0.717) is 38.8 Å². The third-order valence-electron chi connectivity index (χ3n) is 3.05. The summed E-state index contributed by atoms with van der Waals surface area (Å²) < 4.78 is 17.3. The molecule has 1 amide bonds. The Bertz CT molecular complexity index is 518. The summed E-state index contributed by atoms with van der Waals surface area (Å²) in [6.45, 7) is 7.78. The number of aromatic nitrogens is 1. The van der Waals surface area contributed by atoms with Crippen LogP contribution in [0.15, 0.2) is 23.0 Å². The maximum absolute atomic E-state index is 11.9. The van der Waals surface area contributed by atoms with Gasteiger partial charge in [0.1, 0.15) is 5.69 Å². The van der Waals surface area contributed by atoms with E-state index in [2.05, 4.69) is 10.3 Å². The Kier molecular flexibility index (Phi) is 8.78. The second kappa shape index (κ2) is 10.3. The van der Waals surface area contributed by atoms with Gasteiger partial charge in [-0.05, 0) is 33.3 Å². The van der Waals surface area contributed by atoms with Crippen molar-refractivity contribution < 1.29 is 18.1 Å². The second-order valence-corrected chi connectivity index (χ2v) is 7.50. The molecular weight excluding hydrogens is 316 g/mol. The zero-order chi connectivity index (χ0) is 17.1. The summed E-state index contributed by atoms with van der Waals surface area (Å²) in [5.41, 5.74) is -0.0476. The molecule has 0 saturated carbocycles. The maximum Gasteiger partial charge on any atom is 0.500 e. The topological polar surface area (TPSA) is 89.7 Å². The predicted octanol–water partition coefficient (Wildman–Crippen LogP) is 1.54. The van der Waals surface area contributed by atoms with Gasteiger partial charge in [0.2, 0.25) is 5.56 Å². The van der Waals surface area contributed by atoms with Crippen LogP contribution < -0.4 is 10.9 Å². The quantitative estimate of drug-likeness (QED) is 0.470. The molecule has 8 heteroatoms. The Morgan fingerprint density at radius 3 is 2.26 bits per heavy atom. The molecule has 2 N–H and O–H groups in total. The molecule has 0 fully saturated rings. The van der Waals surface area contributed by atoms with Crippen LogP contribution in [0.25, 0.3) is 0 Å². The van der Waals surface area contributed by atoms with Crippen LogP contribution in [0, 0.1) is 0 Å². The van der Waals surface area contributed by atoms with Crippen LogP contribution in [0.1, 0.15) is 37.7 Å². The molecular formula is C15H26N2O5Si. The van der Waals surface area contributed by atoms with E-state index in [1.165, 1.54) is 6.07 Å². The van der Waals surface area contributed by atoms with Gasteiger partial charge in [-0.15, -0.1) is 0 Å². The first-order chi connectivity index (χ1) is 11.1. The van der Waals surface area contributed by atoms with Crippen molar-refractivity contribution in [1.29, 1.82) is 0 Å². The van der Waals surface area contributed by atoms with E-state index in [0.717, 1.165) is 0 Å². The number of pyridine rings is 1. The number of hydrogen-bond acceptors (Lipinski definition) is 5. The summed E-state index contributed by atoms with van der Waals surface area (Å²) in [6.07, 6.45) is 0.676. The van der Waals surface area contributed by atoms with Gasteiger partial charge in [-0.25, -0.2) is 0 Å². The highest BCUT2D eigenvalue weighted by molar-refractivity contribution is 6.60. The van der Waals surface area contributed by atoms with E-state index in [4.69, 9.17) is 13.3 Å². The minimum Gasteiger partial charge on any atom is -0.374 e. The Labute approximate surface area is 137 Å². The molecule has 0 aromatic carbocycles. The Hall–Kier alpha value is -1.48. The van der Waals surface area contributed by atoms with Gasteiger partial charge in [0.15, 0.2) is 0 Å². The fourth-order valence-electron chi connectivity index (χ4n) is 2.18. The van der Waals surface area contributed by atoms with E-state index >= 15 is 0 Å². The number of carbonyl (C=O) groups is 1. The van der Waals surface area contributed by atoms with Crippen LogP contribution in [0.4, 0.5) is 0 Å². The van der Waals surface area contributed by atoms with E-state index in [9.17, 15) is 9.59 Å². The maximum atomic E-state index is 11.9. The fourth-order valence-corrected chi connectivity index (χ4v) is 4.80. The lowest BCUT2D eigenvalue weighted by atomic mass is 10.3. The SMILES string of the molecule is CCO[Si](CCCNC(=O)c1cccc(=O)[nH]1)(OCC)OCC. The Morgan fingerprint density at radius 1 is 1.13 bits per heavy atom. The average molecular weight is 342 g/mol. The molecule has 0 aliphatic carbocycles. The first-order valence-corrected chi connectivity index (χ1v) is 9.89. The van der Waals surface area contributed by atoms with Crippen molar-refractivity contribution in [3.63, 3.8) is 0 Å². The molecule has 0 bridgehead atoms. The summed E-state index contributed by atoms with van der Waals surface area (Å²) in [4.78, 5) is 25.6. The van der Waals surface area contributed by atoms with Gasteiger partial charge in [-0.2, -0.15) is 0 Å². The highest BCUT2D eigenvalue weighted by atomic mass is 28.4. The van der Waals surface area contributed by atoms with E-state index in [1.807, 2.05) is 20.8 Å². The predicted molar refractivity (Wildman–Crippen MR) is 89.5 cm³/mol. The van der Waals surface area contributed by atoms with Crippen molar-refractivity contribution >= 4 is 14.7 Å². The normalized spacial score (nSPS) is 11.4. The van der Waals surface area contributed by atoms with E-state index in [-0.39, 0.29) is 17.2 Å². The van der Waals surface area contributed by atoms with Crippen LogP contribution in [0.5, 0.6) is 0 Å². The molecule has 0 aliphatic heterocycles. The lowest BCUT2D eigenvalue weighted by Gasteiger charge is -2.28. The minimum absolute atomic E-state index is 0.250. The molecule has 7 nitrogen and oxygen atoms in total. The van der Waals surface area contributed by atoms with Crippen molar-refractivity contribution in [2.75, 3.05) is 26.4 Å². The number of H-pyrrole nitrogens is 1. The summed E-state index contributed by atoms with van der Waals surface area (Å²) in [5.74, 6) is -0.306. The van der Waals surface area contributed by atoms with Gasteiger partial charge in [0, 0.05) is 38.5 Å². The van der Waals surface area contributed by atoms with Gasteiger partial charge >= 0.3 is 8.80 Å². The molecule has 23 heavy (non-hydrogen) atoms. The molecule has 0 saturated heterocycles. The smallest absolute Gasteiger partial charge is 0.374 e. The van der Waals surface area contributed by atoms with Crippen molar-refractivity contribution in [3.8, 4) is 0 Å². The number of nitrogens with one attached hydrogen (secondary N) is 2. The summed E-state index contributed by atoms with van der Waals surface area (Å²) in [7, 11) is -2.66. The van der Waals surface area contributed by atoms with Crippen molar-refractivity contribution in [2.45, 2.75) is 33.2 Å². The van der Waals surface area contributed by atoms with Crippen LogP contribution in [-0.4, -0.2) is 46.1 Å². The molecule has 1 aromatic rings. The number of aromatic amines is 1. The molecule has 1 rings (SSSR count). The molecule has 1 heterocycles. The third kappa shape index (κ3) is 6.65. The lowest BCUT2D eigenvalue weighted by Crippen LogP contribution is -2.46. The molecule has 0 unspecified atom stereocenters. The highest BCUT2D eigenvalue weighted by Gasteiger charge is 2.39. The van der Waals surface area contributed by atoms with Crippen LogP contribution in [0.2, 0.25) is 6.04 Å². The third-order valence-corrected chi connectivity index (χ3v) is 6.20. The second-order valence-electron chi connectivity index (χ2n) is 4.77. The molecule has 0 radical (unpaired) electrons. The van der Waals surface area contributed by atoms with Crippen LogP contribution in [-0.2, 0) is 13.3 Å².